The number of rotatable bonds is 13. The molecule has 0 spiro atoms. The van der Waals surface area contributed by atoms with E-state index in [-0.39, 0.29) is 0 Å². The predicted molar refractivity (Wildman–Crippen MR) is 153 cm³/mol. The summed E-state index contributed by atoms with van der Waals surface area (Å²) >= 11 is 0. The van der Waals surface area contributed by atoms with Crippen LogP contribution in [0.25, 0.3) is 10.9 Å². The van der Waals surface area contributed by atoms with Crippen LogP contribution in [0.15, 0.2) is 36.4 Å². The Bertz CT molecular complexity index is 1250. The predicted octanol–water partition coefficient (Wildman–Crippen LogP) is 7.95. The summed E-state index contributed by atoms with van der Waals surface area (Å²) in [4.78, 5) is 11.7. The van der Waals surface area contributed by atoms with Gasteiger partial charge in [-0.1, -0.05) is 37.8 Å². The number of fused-ring (bicyclic) bond motifs is 1. The number of halogens is 3. The van der Waals surface area contributed by atoms with Gasteiger partial charge in [0.2, 0.25) is 0 Å². The van der Waals surface area contributed by atoms with Crippen molar-refractivity contribution in [2.24, 2.45) is 0 Å². The Balaban J connectivity index is 1.35. The summed E-state index contributed by atoms with van der Waals surface area (Å²) < 4.78 is 51.4. The van der Waals surface area contributed by atoms with Gasteiger partial charge in [-0.15, -0.1) is 0 Å². The van der Waals surface area contributed by atoms with Crippen LogP contribution in [0, 0.1) is 6.92 Å². The van der Waals surface area contributed by atoms with Gasteiger partial charge in [-0.3, -0.25) is 0 Å². The van der Waals surface area contributed by atoms with Crippen molar-refractivity contribution in [1.29, 1.82) is 0 Å². The standard InChI is InChI=1S/C31H41F3N4O2/c1-22(24-13-12-14-25(19-24)31(32,33)34)35-30-26-20-28(39-3)29(21-27(26)36-23(2)37-30)40-18-11-6-4-5-8-15-38-16-9-7-10-17-38/h12-14,19-22H,4-11,15-18H2,1-3H3,(H,35,36,37)/t22-/m1/s1. The summed E-state index contributed by atoms with van der Waals surface area (Å²) in [6.07, 6.45) is 5.49. The summed E-state index contributed by atoms with van der Waals surface area (Å²) in [5, 5.41) is 3.98. The zero-order valence-corrected chi connectivity index (χ0v) is 23.8. The molecule has 218 valence electrons. The van der Waals surface area contributed by atoms with Gasteiger partial charge < -0.3 is 19.7 Å². The topological polar surface area (TPSA) is 59.5 Å². The van der Waals surface area contributed by atoms with Gasteiger partial charge in [0.05, 0.1) is 24.8 Å². The number of piperidine rings is 1. The molecule has 1 aliphatic rings. The molecule has 4 rings (SSSR count). The van der Waals surface area contributed by atoms with Crippen LogP contribution in [-0.2, 0) is 6.18 Å². The van der Waals surface area contributed by atoms with Crippen molar-refractivity contribution in [3.05, 3.63) is 53.3 Å². The number of likely N-dealkylation sites (tertiary alicyclic amines) is 1. The van der Waals surface area contributed by atoms with Gasteiger partial charge >= 0.3 is 6.18 Å². The maximum atomic E-state index is 13.2. The lowest BCUT2D eigenvalue weighted by Gasteiger charge is -2.26. The first-order valence-corrected chi connectivity index (χ1v) is 14.4. The summed E-state index contributed by atoms with van der Waals surface area (Å²) in [6, 6.07) is 8.58. The molecular formula is C31H41F3N4O2. The largest absolute Gasteiger partial charge is 0.493 e. The van der Waals surface area contributed by atoms with Crippen molar-refractivity contribution in [3.8, 4) is 11.5 Å². The fourth-order valence-electron chi connectivity index (χ4n) is 5.24. The Morgan fingerprint density at radius 1 is 0.950 bits per heavy atom. The van der Waals surface area contributed by atoms with E-state index in [4.69, 9.17) is 9.47 Å². The Hall–Kier alpha value is -3.07. The minimum atomic E-state index is -4.40. The highest BCUT2D eigenvalue weighted by atomic mass is 19.4. The van der Waals surface area contributed by atoms with Gasteiger partial charge in [0.1, 0.15) is 11.6 Å². The number of hydrogen-bond donors (Lipinski definition) is 1. The molecule has 2 heterocycles. The minimum absolute atomic E-state index is 0.415. The van der Waals surface area contributed by atoms with E-state index in [1.807, 2.05) is 12.1 Å². The van der Waals surface area contributed by atoms with Gasteiger partial charge in [0, 0.05) is 17.5 Å². The minimum Gasteiger partial charge on any atom is -0.493 e. The average Bonchev–Trinajstić information content (AvgIpc) is 2.94. The van der Waals surface area contributed by atoms with Crippen LogP contribution in [0.5, 0.6) is 11.5 Å². The van der Waals surface area contributed by atoms with E-state index in [2.05, 4.69) is 20.2 Å². The molecule has 0 unspecified atom stereocenters. The van der Waals surface area contributed by atoms with Crippen LogP contribution in [-0.4, -0.2) is 48.2 Å². The second-order valence-electron chi connectivity index (χ2n) is 10.6. The molecule has 9 heteroatoms. The molecule has 0 saturated carbocycles. The van der Waals surface area contributed by atoms with E-state index in [0.717, 1.165) is 25.0 Å². The van der Waals surface area contributed by atoms with E-state index in [1.54, 1.807) is 27.0 Å². The van der Waals surface area contributed by atoms with E-state index >= 15 is 0 Å². The van der Waals surface area contributed by atoms with Crippen molar-refractivity contribution < 1.29 is 22.6 Å². The molecule has 1 saturated heterocycles. The van der Waals surface area contributed by atoms with Crippen molar-refractivity contribution in [2.75, 3.05) is 38.7 Å². The Morgan fingerprint density at radius 3 is 2.45 bits per heavy atom. The number of anilines is 1. The normalized spacial score (nSPS) is 15.2. The number of methoxy groups -OCH3 is 1. The van der Waals surface area contributed by atoms with E-state index in [9.17, 15) is 13.2 Å². The quantitative estimate of drug-likeness (QED) is 0.215. The molecule has 0 radical (unpaired) electrons. The third-order valence-corrected chi connectivity index (χ3v) is 7.49. The molecule has 3 aromatic rings. The second kappa shape index (κ2) is 14.0. The van der Waals surface area contributed by atoms with Gasteiger partial charge in [0.15, 0.2) is 11.5 Å². The fourth-order valence-corrected chi connectivity index (χ4v) is 5.24. The zero-order chi connectivity index (χ0) is 28.5. The van der Waals surface area contributed by atoms with Crippen molar-refractivity contribution in [2.45, 2.75) is 77.4 Å². The van der Waals surface area contributed by atoms with Crippen LogP contribution < -0.4 is 14.8 Å². The van der Waals surface area contributed by atoms with Crippen LogP contribution in [0.2, 0.25) is 0 Å². The average molecular weight is 559 g/mol. The molecule has 0 amide bonds. The van der Waals surface area contributed by atoms with Crippen molar-refractivity contribution in [1.82, 2.24) is 14.9 Å². The van der Waals surface area contributed by atoms with E-state index in [1.165, 1.54) is 64.2 Å². The summed E-state index contributed by atoms with van der Waals surface area (Å²) in [7, 11) is 1.59. The maximum absolute atomic E-state index is 13.2. The highest BCUT2D eigenvalue weighted by Gasteiger charge is 2.30. The Kier molecular flexibility index (Phi) is 10.5. The third-order valence-electron chi connectivity index (χ3n) is 7.49. The molecule has 0 bridgehead atoms. The van der Waals surface area contributed by atoms with Crippen LogP contribution in [0.3, 0.4) is 0 Å². The number of nitrogens with one attached hydrogen (secondary N) is 1. The summed E-state index contributed by atoms with van der Waals surface area (Å²) in [6.45, 7) is 7.94. The molecule has 2 aromatic carbocycles. The Labute approximate surface area is 235 Å². The monoisotopic (exact) mass is 558 g/mol. The first-order valence-electron chi connectivity index (χ1n) is 14.4. The number of benzene rings is 2. The van der Waals surface area contributed by atoms with Crippen LogP contribution in [0.1, 0.15) is 81.3 Å². The van der Waals surface area contributed by atoms with Crippen LogP contribution in [0.4, 0.5) is 19.0 Å². The summed E-state index contributed by atoms with van der Waals surface area (Å²) in [5.74, 6) is 2.26. The smallest absolute Gasteiger partial charge is 0.416 e. The number of aryl methyl sites for hydroxylation is 1. The van der Waals surface area contributed by atoms with Gasteiger partial charge in [0.25, 0.3) is 0 Å². The lowest BCUT2D eigenvalue weighted by molar-refractivity contribution is -0.137. The molecule has 1 aromatic heterocycles. The number of aromatic nitrogens is 2. The molecular weight excluding hydrogens is 517 g/mol. The van der Waals surface area contributed by atoms with Crippen molar-refractivity contribution in [3.63, 3.8) is 0 Å². The van der Waals surface area contributed by atoms with Crippen LogP contribution >= 0.6 is 0 Å². The molecule has 1 aliphatic heterocycles. The molecule has 6 nitrogen and oxygen atoms in total. The number of hydrogen-bond acceptors (Lipinski definition) is 6. The Morgan fingerprint density at radius 2 is 1.70 bits per heavy atom. The summed E-state index contributed by atoms with van der Waals surface area (Å²) in [5.41, 5.74) is 0.515. The fraction of sp³-hybridized carbons (Fsp3) is 0.548. The number of alkyl halides is 3. The van der Waals surface area contributed by atoms with Gasteiger partial charge in [-0.05, 0) is 82.9 Å². The highest BCUT2D eigenvalue weighted by Crippen LogP contribution is 2.36. The lowest BCUT2D eigenvalue weighted by atomic mass is 10.0. The van der Waals surface area contributed by atoms with E-state index in [0.29, 0.717) is 46.2 Å². The molecule has 40 heavy (non-hydrogen) atoms. The van der Waals surface area contributed by atoms with E-state index < -0.39 is 17.8 Å². The van der Waals surface area contributed by atoms with Gasteiger partial charge in [-0.2, -0.15) is 13.2 Å². The van der Waals surface area contributed by atoms with Gasteiger partial charge in [-0.25, -0.2) is 9.97 Å². The maximum Gasteiger partial charge on any atom is 0.416 e. The first kappa shape index (κ1) is 29.9. The number of nitrogens with zero attached hydrogens (tertiary/aromatic N) is 3. The zero-order valence-electron chi connectivity index (χ0n) is 23.8. The molecule has 1 N–H and O–H groups in total. The first-order chi connectivity index (χ1) is 19.2. The second-order valence-corrected chi connectivity index (χ2v) is 10.6. The molecule has 0 aliphatic carbocycles. The number of ether oxygens (including phenoxy) is 2. The molecule has 1 atom stereocenters. The highest BCUT2D eigenvalue weighted by molar-refractivity contribution is 5.92. The SMILES string of the molecule is COc1cc2c(N[C@H](C)c3cccc(C(F)(F)F)c3)nc(C)nc2cc1OCCCCCCCN1CCCCC1. The molecule has 1 fully saturated rings. The third kappa shape index (κ3) is 8.22. The lowest BCUT2D eigenvalue weighted by Crippen LogP contribution is -2.30. The number of unbranched alkanes of at least 4 members (excludes halogenated alkanes) is 4. The van der Waals surface area contributed by atoms with Crippen molar-refractivity contribution >= 4 is 16.7 Å².